The topological polar surface area (TPSA) is 38.7 Å². The van der Waals surface area contributed by atoms with Crippen LogP contribution < -0.4 is 0 Å². The quantitative estimate of drug-likeness (QED) is 0.237. The zero-order valence-electron chi connectivity index (χ0n) is 18.7. The molecule has 0 aliphatic rings. The third-order valence-electron chi connectivity index (χ3n) is 5.58. The number of nitrogens with zero attached hydrogens (tertiary/aromatic N) is 3. The molecule has 0 aliphatic heterocycles. The number of aromatic nitrogens is 3. The summed E-state index contributed by atoms with van der Waals surface area (Å²) in [5.74, 6) is 2.07. The minimum atomic E-state index is 0.682. The molecule has 0 radical (unpaired) electrons. The maximum absolute atomic E-state index is 4.83. The smallest absolute Gasteiger partial charge is 0.164 e. The van der Waals surface area contributed by atoms with Crippen LogP contribution in [0.25, 0.3) is 34.2 Å². The van der Waals surface area contributed by atoms with Crippen molar-refractivity contribution in [3.63, 3.8) is 0 Å². The molecule has 1 heterocycles. The lowest BCUT2D eigenvalue weighted by atomic mass is 10.0. The average Bonchev–Trinajstić information content (AvgIpc) is 2.83. The molecule has 0 bridgehead atoms. The minimum absolute atomic E-state index is 0.682. The number of hydrogen-bond donors (Lipinski definition) is 0. The largest absolute Gasteiger partial charge is 0.208 e. The number of rotatable bonds is 8. The lowest BCUT2D eigenvalue weighted by molar-refractivity contribution is 0.667. The Balaban J connectivity index is 1.69. The van der Waals surface area contributed by atoms with Gasteiger partial charge in [0, 0.05) is 21.2 Å². The van der Waals surface area contributed by atoms with E-state index in [1.54, 1.807) is 0 Å². The van der Waals surface area contributed by atoms with E-state index in [9.17, 15) is 0 Å². The number of halogens is 1. The van der Waals surface area contributed by atoms with Crippen molar-refractivity contribution in [3.8, 4) is 34.2 Å². The summed E-state index contributed by atoms with van der Waals surface area (Å²) < 4.78 is 1.03. The summed E-state index contributed by atoms with van der Waals surface area (Å²) in [6.07, 6.45) is 6.23. The SMILES string of the molecule is CCCCCCc1ccc(-c2nc(-c3ccc(C)cc3)nc(-c3ccc(Br)cc3)n2)cc1. The van der Waals surface area contributed by atoms with Crippen LogP contribution in [0.3, 0.4) is 0 Å². The van der Waals surface area contributed by atoms with Gasteiger partial charge in [-0.25, -0.2) is 15.0 Å². The van der Waals surface area contributed by atoms with Gasteiger partial charge in [-0.3, -0.25) is 0 Å². The summed E-state index contributed by atoms with van der Waals surface area (Å²) in [5, 5.41) is 0. The lowest BCUT2D eigenvalue weighted by Crippen LogP contribution is -2.00. The summed E-state index contributed by atoms with van der Waals surface area (Å²) in [7, 11) is 0. The van der Waals surface area contributed by atoms with Crippen molar-refractivity contribution in [2.45, 2.75) is 46.0 Å². The monoisotopic (exact) mass is 485 g/mol. The van der Waals surface area contributed by atoms with Crippen molar-refractivity contribution < 1.29 is 0 Å². The first-order valence-electron chi connectivity index (χ1n) is 11.3. The van der Waals surface area contributed by atoms with E-state index in [1.165, 1.54) is 36.8 Å². The first-order valence-corrected chi connectivity index (χ1v) is 12.1. The molecule has 0 aliphatic carbocycles. The van der Waals surface area contributed by atoms with Gasteiger partial charge in [0.25, 0.3) is 0 Å². The van der Waals surface area contributed by atoms with Gasteiger partial charge in [-0.15, -0.1) is 0 Å². The van der Waals surface area contributed by atoms with Gasteiger partial charge in [0.15, 0.2) is 17.5 Å². The van der Waals surface area contributed by atoms with Gasteiger partial charge in [-0.05, 0) is 37.5 Å². The van der Waals surface area contributed by atoms with E-state index in [2.05, 4.69) is 78.3 Å². The molecule has 32 heavy (non-hydrogen) atoms. The summed E-state index contributed by atoms with van der Waals surface area (Å²) in [6, 6.07) is 25.1. The molecule has 0 atom stereocenters. The van der Waals surface area contributed by atoms with E-state index in [0.29, 0.717) is 17.5 Å². The highest BCUT2D eigenvalue weighted by molar-refractivity contribution is 9.10. The van der Waals surface area contributed by atoms with Crippen molar-refractivity contribution in [1.82, 2.24) is 15.0 Å². The second kappa shape index (κ2) is 10.6. The fourth-order valence-electron chi connectivity index (χ4n) is 3.64. The maximum atomic E-state index is 4.83. The van der Waals surface area contributed by atoms with Gasteiger partial charge in [0.1, 0.15) is 0 Å². The number of hydrogen-bond acceptors (Lipinski definition) is 3. The Hall–Kier alpha value is -2.85. The van der Waals surface area contributed by atoms with E-state index in [4.69, 9.17) is 15.0 Å². The maximum Gasteiger partial charge on any atom is 0.164 e. The Morgan fingerprint density at radius 3 is 1.56 bits per heavy atom. The molecular weight excluding hydrogens is 458 g/mol. The van der Waals surface area contributed by atoms with E-state index < -0.39 is 0 Å². The van der Waals surface area contributed by atoms with Gasteiger partial charge < -0.3 is 0 Å². The summed E-state index contributed by atoms with van der Waals surface area (Å²) in [6.45, 7) is 4.33. The van der Waals surface area contributed by atoms with Crippen LogP contribution in [0.5, 0.6) is 0 Å². The van der Waals surface area contributed by atoms with Gasteiger partial charge in [-0.1, -0.05) is 108 Å². The third kappa shape index (κ3) is 5.68. The predicted octanol–water partition coefficient (Wildman–Crippen LogP) is 8.07. The van der Waals surface area contributed by atoms with Gasteiger partial charge in [-0.2, -0.15) is 0 Å². The Morgan fingerprint density at radius 1 is 0.594 bits per heavy atom. The lowest BCUT2D eigenvalue weighted by Gasteiger charge is -2.09. The summed E-state index contributed by atoms with van der Waals surface area (Å²) >= 11 is 3.51. The van der Waals surface area contributed by atoms with Crippen molar-refractivity contribution >= 4 is 15.9 Å². The van der Waals surface area contributed by atoms with Crippen molar-refractivity contribution in [3.05, 3.63) is 88.4 Å². The van der Waals surface area contributed by atoms with E-state index in [-0.39, 0.29) is 0 Å². The fraction of sp³-hybridized carbons (Fsp3) is 0.250. The molecule has 162 valence electrons. The van der Waals surface area contributed by atoms with E-state index in [0.717, 1.165) is 27.6 Å². The zero-order valence-corrected chi connectivity index (χ0v) is 20.3. The van der Waals surface area contributed by atoms with Crippen LogP contribution in [-0.4, -0.2) is 15.0 Å². The molecule has 0 fully saturated rings. The Kier molecular flexibility index (Phi) is 7.43. The van der Waals surface area contributed by atoms with Crippen LogP contribution in [0.4, 0.5) is 0 Å². The van der Waals surface area contributed by atoms with Crippen molar-refractivity contribution in [2.75, 3.05) is 0 Å². The van der Waals surface area contributed by atoms with Crippen LogP contribution in [-0.2, 0) is 6.42 Å². The summed E-state index contributed by atoms with van der Waals surface area (Å²) in [4.78, 5) is 14.5. The molecule has 3 aromatic carbocycles. The molecule has 4 aromatic rings. The molecule has 4 heteroatoms. The predicted molar refractivity (Wildman–Crippen MR) is 136 cm³/mol. The normalized spacial score (nSPS) is 11.0. The first kappa shape index (κ1) is 22.3. The van der Waals surface area contributed by atoms with E-state index in [1.807, 2.05) is 24.3 Å². The van der Waals surface area contributed by atoms with Gasteiger partial charge in [0.05, 0.1) is 0 Å². The number of benzene rings is 3. The Morgan fingerprint density at radius 2 is 1.06 bits per heavy atom. The molecule has 0 saturated heterocycles. The molecule has 0 amide bonds. The fourth-order valence-corrected chi connectivity index (χ4v) is 3.91. The molecule has 0 N–H and O–H groups in total. The van der Waals surface area contributed by atoms with E-state index >= 15 is 0 Å². The van der Waals surface area contributed by atoms with Crippen LogP contribution in [0.15, 0.2) is 77.3 Å². The Bertz CT molecular complexity index is 1090. The van der Waals surface area contributed by atoms with Crippen LogP contribution in [0, 0.1) is 6.92 Å². The van der Waals surface area contributed by atoms with Crippen LogP contribution >= 0.6 is 15.9 Å². The second-order valence-electron chi connectivity index (χ2n) is 8.19. The highest BCUT2D eigenvalue weighted by atomic mass is 79.9. The highest BCUT2D eigenvalue weighted by Crippen LogP contribution is 2.26. The summed E-state index contributed by atoms with van der Waals surface area (Å²) in [5.41, 5.74) is 5.55. The standard InChI is InChI=1S/C28H28BrN3/c1-3-4-5-6-7-21-10-14-23(15-11-21)27-30-26(22-12-8-20(2)9-13-22)31-28(32-27)24-16-18-25(29)19-17-24/h8-19H,3-7H2,1-2H3. The van der Waals surface area contributed by atoms with Crippen LogP contribution in [0.1, 0.15) is 43.7 Å². The first-order chi connectivity index (χ1) is 15.6. The molecule has 0 saturated carbocycles. The molecule has 0 unspecified atom stereocenters. The number of unbranched alkanes of at least 4 members (excludes halogenated alkanes) is 3. The minimum Gasteiger partial charge on any atom is -0.208 e. The molecule has 0 spiro atoms. The molecular formula is C28H28BrN3. The molecule has 1 aromatic heterocycles. The third-order valence-corrected chi connectivity index (χ3v) is 6.11. The van der Waals surface area contributed by atoms with Crippen LogP contribution in [0.2, 0.25) is 0 Å². The second-order valence-corrected chi connectivity index (χ2v) is 9.10. The zero-order chi connectivity index (χ0) is 22.3. The molecule has 4 rings (SSSR count). The highest BCUT2D eigenvalue weighted by Gasteiger charge is 2.12. The Labute approximate surface area is 199 Å². The molecule has 3 nitrogen and oxygen atoms in total. The van der Waals surface area contributed by atoms with Gasteiger partial charge in [0.2, 0.25) is 0 Å². The number of aryl methyl sites for hydroxylation is 2. The van der Waals surface area contributed by atoms with Crippen molar-refractivity contribution in [2.24, 2.45) is 0 Å². The average molecular weight is 486 g/mol. The van der Waals surface area contributed by atoms with Gasteiger partial charge >= 0.3 is 0 Å². The van der Waals surface area contributed by atoms with Crippen molar-refractivity contribution in [1.29, 1.82) is 0 Å².